The SMILES string of the molecule is C[C@@H](C(=O)Nc1ccc(N2CCCCC2)cc1)N(c1ccc(Cl)cc1)S(C)(=O)=O. The Bertz CT molecular complexity index is 940. The van der Waals surface area contributed by atoms with Crippen LogP contribution < -0.4 is 14.5 Å². The molecule has 0 aliphatic carbocycles. The van der Waals surface area contributed by atoms with E-state index >= 15 is 0 Å². The smallest absolute Gasteiger partial charge is 0.247 e. The lowest BCUT2D eigenvalue weighted by Gasteiger charge is -2.29. The maximum absolute atomic E-state index is 12.8. The molecule has 1 amide bonds. The highest BCUT2D eigenvalue weighted by atomic mass is 35.5. The summed E-state index contributed by atoms with van der Waals surface area (Å²) >= 11 is 5.90. The zero-order chi connectivity index (χ0) is 21.0. The van der Waals surface area contributed by atoms with Crippen LogP contribution in [0, 0.1) is 0 Å². The van der Waals surface area contributed by atoms with Crippen molar-refractivity contribution in [1.82, 2.24) is 0 Å². The third-order valence-electron chi connectivity index (χ3n) is 5.03. The number of nitrogens with zero attached hydrogens (tertiary/aromatic N) is 2. The zero-order valence-corrected chi connectivity index (χ0v) is 18.2. The average molecular weight is 436 g/mol. The van der Waals surface area contributed by atoms with Gasteiger partial charge in [0.05, 0.1) is 11.9 Å². The average Bonchev–Trinajstić information content (AvgIpc) is 2.70. The Hall–Kier alpha value is -2.25. The van der Waals surface area contributed by atoms with Gasteiger partial charge in [0.15, 0.2) is 0 Å². The topological polar surface area (TPSA) is 69.7 Å². The third-order valence-corrected chi connectivity index (χ3v) is 6.52. The van der Waals surface area contributed by atoms with Crippen LogP contribution in [-0.4, -0.2) is 39.7 Å². The zero-order valence-electron chi connectivity index (χ0n) is 16.6. The molecular weight excluding hydrogens is 410 g/mol. The van der Waals surface area contributed by atoms with E-state index in [0.717, 1.165) is 29.3 Å². The molecule has 3 rings (SSSR count). The fourth-order valence-electron chi connectivity index (χ4n) is 3.55. The standard InChI is InChI=1S/C21H26ClN3O3S/c1-16(25(29(2,27)28)20-10-6-17(22)7-11-20)21(26)23-18-8-12-19(13-9-18)24-14-4-3-5-15-24/h6-13,16H,3-5,14-15H2,1-2H3,(H,23,26)/t16-/m0/s1. The molecule has 156 valence electrons. The maximum Gasteiger partial charge on any atom is 0.247 e. The van der Waals surface area contributed by atoms with Crippen LogP contribution in [0.25, 0.3) is 0 Å². The van der Waals surface area contributed by atoms with Crippen LogP contribution in [0.1, 0.15) is 26.2 Å². The monoisotopic (exact) mass is 435 g/mol. The summed E-state index contributed by atoms with van der Waals surface area (Å²) in [6.07, 6.45) is 4.75. The van der Waals surface area contributed by atoms with Crippen molar-refractivity contribution in [3.8, 4) is 0 Å². The number of rotatable bonds is 6. The molecule has 1 fully saturated rings. The second kappa shape index (κ2) is 9.05. The van der Waals surface area contributed by atoms with E-state index < -0.39 is 22.0 Å². The van der Waals surface area contributed by atoms with Crippen molar-refractivity contribution < 1.29 is 13.2 Å². The highest BCUT2D eigenvalue weighted by Crippen LogP contribution is 2.25. The van der Waals surface area contributed by atoms with Crippen LogP contribution in [0.3, 0.4) is 0 Å². The van der Waals surface area contributed by atoms with E-state index in [1.165, 1.54) is 19.3 Å². The van der Waals surface area contributed by atoms with Crippen LogP contribution in [0.2, 0.25) is 5.02 Å². The van der Waals surface area contributed by atoms with Crippen LogP contribution >= 0.6 is 11.6 Å². The van der Waals surface area contributed by atoms with Crippen molar-refractivity contribution in [2.75, 3.05) is 33.9 Å². The van der Waals surface area contributed by atoms with Gasteiger partial charge in [-0.25, -0.2) is 8.42 Å². The molecule has 0 unspecified atom stereocenters. The number of hydrogen-bond donors (Lipinski definition) is 1. The largest absolute Gasteiger partial charge is 0.372 e. The number of nitrogens with one attached hydrogen (secondary N) is 1. The van der Waals surface area contributed by atoms with E-state index in [-0.39, 0.29) is 0 Å². The predicted molar refractivity (Wildman–Crippen MR) is 119 cm³/mol. The first-order chi connectivity index (χ1) is 13.8. The molecule has 1 aliphatic heterocycles. The van der Waals surface area contributed by atoms with Crippen LogP contribution in [0.15, 0.2) is 48.5 Å². The molecule has 1 N–H and O–H groups in total. The molecule has 2 aromatic rings. The molecule has 1 aliphatic rings. The summed E-state index contributed by atoms with van der Waals surface area (Å²) in [6, 6.07) is 13.1. The highest BCUT2D eigenvalue weighted by molar-refractivity contribution is 7.92. The lowest BCUT2D eigenvalue weighted by atomic mass is 10.1. The van der Waals surface area contributed by atoms with E-state index in [1.807, 2.05) is 24.3 Å². The molecule has 0 bridgehead atoms. The number of piperidine rings is 1. The molecule has 0 saturated carbocycles. The summed E-state index contributed by atoms with van der Waals surface area (Å²) < 4.78 is 25.8. The van der Waals surface area contributed by atoms with Crippen LogP contribution in [0.5, 0.6) is 0 Å². The first-order valence-corrected chi connectivity index (χ1v) is 11.9. The number of amides is 1. The first-order valence-electron chi connectivity index (χ1n) is 9.66. The van der Waals surface area contributed by atoms with Crippen molar-refractivity contribution in [3.05, 3.63) is 53.6 Å². The van der Waals surface area contributed by atoms with Gasteiger partial charge in [-0.2, -0.15) is 0 Å². The number of halogens is 1. The molecule has 0 radical (unpaired) electrons. The summed E-state index contributed by atoms with van der Waals surface area (Å²) in [6.45, 7) is 3.66. The van der Waals surface area contributed by atoms with Gasteiger partial charge in [-0.1, -0.05) is 11.6 Å². The predicted octanol–water partition coefficient (Wildman–Crippen LogP) is 4.12. The Kier molecular flexibility index (Phi) is 6.70. The van der Waals surface area contributed by atoms with E-state index in [1.54, 1.807) is 31.2 Å². The Morgan fingerprint density at radius 2 is 1.62 bits per heavy atom. The minimum Gasteiger partial charge on any atom is -0.372 e. The molecule has 6 nitrogen and oxygen atoms in total. The van der Waals surface area contributed by atoms with Crippen LogP contribution in [-0.2, 0) is 14.8 Å². The summed E-state index contributed by atoms with van der Waals surface area (Å²) in [5.41, 5.74) is 2.15. The van der Waals surface area contributed by atoms with E-state index in [9.17, 15) is 13.2 Å². The molecule has 2 aromatic carbocycles. The Labute approximate surface area is 177 Å². The van der Waals surface area contributed by atoms with Gasteiger partial charge in [0.2, 0.25) is 15.9 Å². The minimum atomic E-state index is -3.67. The molecule has 1 heterocycles. The number of carbonyl (C=O) groups excluding carboxylic acids is 1. The van der Waals surface area contributed by atoms with E-state index in [0.29, 0.717) is 16.4 Å². The van der Waals surface area contributed by atoms with Crippen LogP contribution in [0.4, 0.5) is 17.1 Å². The van der Waals surface area contributed by atoms with E-state index in [4.69, 9.17) is 11.6 Å². The number of anilines is 3. The van der Waals surface area contributed by atoms with Gasteiger partial charge in [-0.05, 0) is 74.7 Å². The number of hydrogen-bond acceptors (Lipinski definition) is 4. The Balaban J connectivity index is 1.73. The van der Waals surface area contributed by atoms with Crippen molar-refractivity contribution in [2.24, 2.45) is 0 Å². The van der Waals surface area contributed by atoms with Gasteiger partial charge < -0.3 is 10.2 Å². The normalized spacial score (nSPS) is 15.6. The molecular formula is C21H26ClN3O3S. The summed E-state index contributed by atoms with van der Waals surface area (Å²) in [5.74, 6) is -0.406. The van der Waals surface area contributed by atoms with Crippen molar-refractivity contribution in [1.29, 1.82) is 0 Å². The molecule has 8 heteroatoms. The highest BCUT2D eigenvalue weighted by Gasteiger charge is 2.29. The minimum absolute atomic E-state index is 0.389. The number of benzene rings is 2. The summed E-state index contributed by atoms with van der Waals surface area (Å²) in [5, 5.41) is 3.31. The quantitative estimate of drug-likeness (QED) is 0.740. The first kappa shape index (κ1) is 21.5. The van der Waals surface area contributed by atoms with Gasteiger partial charge in [0.25, 0.3) is 0 Å². The summed E-state index contributed by atoms with van der Waals surface area (Å²) in [7, 11) is -3.67. The molecule has 1 saturated heterocycles. The van der Waals surface area contributed by atoms with Gasteiger partial charge in [-0.3, -0.25) is 9.10 Å². The second-order valence-electron chi connectivity index (χ2n) is 7.30. The van der Waals surface area contributed by atoms with Gasteiger partial charge >= 0.3 is 0 Å². The summed E-state index contributed by atoms with van der Waals surface area (Å²) in [4.78, 5) is 15.1. The molecule has 29 heavy (non-hydrogen) atoms. The van der Waals surface area contributed by atoms with Crippen molar-refractivity contribution >= 4 is 44.6 Å². The second-order valence-corrected chi connectivity index (χ2v) is 9.59. The Morgan fingerprint density at radius 1 is 1.03 bits per heavy atom. The molecule has 1 atom stereocenters. The van der Waals surface area contributed by atoms with Gasteiger partial charge in [0, 0.05) is 29.5 Å². The molecule has 0 aromatic heterocycles. The maximum atomic E-state index is 12.8. The fourth-order valence-corrected chi connectivity index (χ4v) is 4.85. The lowest BCUT2D eigenvalue weighted by molar-refractivity contribution is -0.116. The van der Waals surface area contributed by atoms with E-state index in [2.05, 4.69) is 10.2 Å². The van der Waals surface area contributed by atoms with Gasteiger partial charge in [-0.15, -0.1) is 0 Å². The third kappa shape index (κ3) is 5.42. The lowest BCUT2D eigenvalue weighted by Crippen LogP contribution is -2.45. The van der Waals surface area contributed by atoms with Gasteiger partial charge in [0.1, 0.15) is 6.04 Å². The Morgan fingerprint density at radius 3 is 2.17 bits per heavy atom. The fraction of sp³-hybridized carbons (Fsp3) is 0.381. The molecule has 0 spiro atoms. The van der Waals surface area contributed by atoms with Crippen molar-refractivity contribution in [2.45, 2.75) is 32.2 Å². The van der Waals surface area contributed by atoms with Crippen molar-refractivity contribution in [3.63, 3.8) is 0 Å². The number of carbonyl (C=O) groups is 1. The number of sulfonamides is 1.